The van der Waals surface area contributed by atoms with E-state index in [1.165, 1.54) is 38.8 Å². The van der Waals surface area contributed by atoms with Crippen LogP contribution in [0.15, 0.2) is 0 Å². The Morgan fingerprint density at radius 2 is 1.05 bits per heavy atom. The van der Waals surface area contributed by atoms with Crippen molar-refractivity contribution < 1.29 is 4.58 Å². The molecule has 0 spiro atoms. The molecule has 1 fully saturated rings. The number of likely N-dealkylation sites (N-methyl/N-ethyl adjacent to an activating group) is 2. The summed E-state index contributed by atoms with van der Waals surface area (Å²) in [5.74, 6) is 0. The highest BCUT2D eigenvalue weighted by Crippen LogP contribution is 2.30. The second kappa shape index (κ2) is 10.4. The molecule has 0 heterocycles. The Kier molecular flexibility index (Phi) is 9.27. The van der Waals surface area contributed by atoms with E-state index in [1.807, 2.05) is 0 Å². The molecule has 130 valence electrons. The molecule has 1 saturated carbocycles. The van der Waals surface area contributed by atoms with Crippen molar-refractivity contribution in [1.82, 2.24) is 9.80 Å². The van der Waals surface area contributed by atoms with Crippen LogP contribution < -0.4 is 0 Å². The first-order chi connectivity index (χ1) is 10.7. The van der Waals surface area contributed by atoms with Crippen molar-refractivity contribution in [2.75, 3.05) is 39.3 Å². The monoisotopic (exact) mass is 310 g/mol. The van der Waals surface area contributed by atoms with Crippen LogP contribution >= 0.6 is 0 Å². The van der Waals surface area contributed by atoms with Crippen molar-refractivity contribution in [3.8, 4) is 0 Å². The van der Waals surface area contributed by atoms with Crippen LogP contribution in [0.25, 0.3) is 0 Å². The molecule has 3 heteroatoms. The van der Waals surface area contributed by atoms with Crippen LogP contribution in [0.4, 0.5) is 0 Å². The molecule has 2 unspecified atom stereocenters. The summed E-state index contributed by atoms with van der Waals surface area (Å²) in [5, 5.41) is 0. The second-order valence-corrected chi connectivity index (χ2v) is 6.45. The third-order valence-electron chi connectivity index (χ3n) is 5.14. The molecule has 1 aliphatic carbocycles. The van der Waals surface area contributed by atoms with Crippen LogP contribution in [0.3, 0.4) is 0 Å². The van der Waals surface area contributed by atoms with E-state index in [2.05, 4.69) is 55.9 Å². The Balaban J connectivity index is 3.01. The van der Waals surface area contributed by atoms with E-state index in [9.17, 15) is 0 Å². The third-order valence-corrected chi connectivity index (χ3v) is 5.14. The lowest BCUT2D eigenvalue weighted by atomic mass is 10.3. The van der Waals surface area contributed by atoms with E-state index >= 15 is 0 Å². The topological polar surface area (TPSA) is 9.49 Å². The zero-order chi connectivity index (χ0) is 16.5. The molecule has 0 aromatic rings. The molecular formula is C19H40N3+. The lowest BCUT2D eigenvalue weighted by Gasteiger charge is -2.20. The lowest BCUT2D eigenvalue weighted by Crippen LogP contribution is -2.34. The number of nitrogens with zero attached hydrogens (tertiary/aromatic N) is 3. The Bertz CT molecular complexity index is 300. The number of rotatable bonds is 12. The molecule has 0 bridgehead atoms. The Hall–Kier alpha value is -0.410. The maximum Gasteiger partial charge on any atom is 0.191 e. The minimum absolute atomic E-state index is 0.670. The molecule has 0 aromatic carbocycles. The Labute approximate surface area is 139 Å². The molecule has 0 aromatic heterocycles. The van der Waals surface area contributed by atoms with Crippen molar-refractivity contribution in [1.29, 1.82) is 0 Å². The molecule has 0 saturated heterocycles. The predicted molar refractivity (Wildman–Crippen MR) is 98.2 cm³/mol. The van der Waals surface area contributed by atoms with E-state index in [-0.39, 0.29) is 0 Å². The van der Waals surface area contributed by atoms with Crippen LogP contribution in [0, 0.1) is 0 Å². The summed E-state index contributed by atoms with van der Waals surface area (Å²) in [6.45, 7) is 21.0. The maximum absolute atomic E-state index is 2.74. The second-order valence-electron chi connectivity index (χ2n) is 6.45. The fraction of sp³-hybridized carbons (Fsp3) is 0.947. The fourth-order valence-electron chi connectivity index (χ4n) is 3.67. The van der Waals surface area contributed by atoms with E-state index in [1.54, 1.807) is 5.71 Å². The van der Waals surface area contributed by atoms with Gasteiger partial charge in [-0.2, -0.15) is 0 Å². The van der Waals surface area contributed by atoms with Crippen molar-refractivity contribution in [3.05, 3.63) is 0 Å². The highest BCUT2D eigenvalue weighted by atomic mass is 15.3. The minimum Gasteiger partial charge on any atom is -0.290 e. The van der Waals surface area contributed by atoms with E-state index in [0.29, 0.717) is 12.1 Å². The van der Waals surface area contributed by atoms with Crippen molar-refractivity contribution in [2.24, 2.45) is 0 Å². The largest absolute Gasteiger partial charge is 0.290 e. The van der Waals surface area contributed by atoms with Crippen LogP contribution in [0.2, 0.25) is 0 Å². The first kappa shape index (κ1) is 19.6. The summed E-state index contributed by atoms with van der Waals surface area (Å²) >= 11 is 0. The zero-order valence-electron chi connectivity index (χ0n) is 16.1. The summed E-state index contributed by atoms with van der Waals surface area (Å²) in [5.41, 5.74) is 1.72. The standard InChI is InChI=1S/C19H40N3/c1-7-13-15-22(16-14-8-2)19-17(20(9-3)10-4)18(19)21(11-5)12-6/h17-18H,7-16H2,1-6H3/q+1. The third kappa shape index (κ3) is 4.79. The average molecular weight is 311 g/mol. The van der Waals surface area contributed by atoms with Gasteiger partial charge < -0.3 is 0 Å². The molecule has 0 amide bonds. The molecule has 0 aliphatic heterocycles. The Morgan fingerprint density at radius 3 is 1.32 bits per heavy atom. The molecule has 0 N–H and O–H groups in total. The van der Waals surface area contributed by atoms with Gasteiger partial charge in [0.2, 0.25) is 0 Å². The predicted octanol–water partition coefficient (Wildman–Crippen LogP) is 3.47. The van der Waals surface area contributed by atoms with Crippen molar-refractivity contribution >= 4 is 5.71 Å². The highest BCUT2D eigenvalue weighted by molar-refractivity contribution is 6.08. The first-order valence-corrected chi connectivity index (χ1v) is 9.79. The van der Waals surface area contributed by atoms with Gasteiger partial charge in [0.25, 0.3) is 0 Å². The molecule has 22 heavy (non-hydrogen) atoms. The normalized spacial score (nSPS) is 21.0. The fourth-order valence-corrected chi connectivity index (χ4v) is 3.67. The first-order valence-electron chi connectivity index (χ1n) is 9.79. The van der Waals surface area contributed by atoms with Crippen LogP contribution in [0.5, 0.6) is 0 Å². The lowest BCUT2D eigenvalue weighted by molar-refractivity contribution is -0.528. The Morgan fingerprint density at radius 1 is 0.682 bits per heavy atom. The van der Waals surface area contributed by atoms with Gasteiger partial charge in [0.15, 0.2) is 5.71 Å². The van der Waals surface area contributed by atoms with Crippen LogP contribution in [0.1, 0.15) is 67.2 Å². The van der Waals surface area contributed by atoms with Crippen LogP contribution in [-0.4, -0.2) is 71.4 Å². The molecule has 1 rings (SSSR count). The summed E-state index contributed by atoms with van der Waals surface area (Å²) < 4.78 is 2.74. The van der Waals surface area contributed by atoms with Gasteiger partial charge in [-0.1, -0.05) is 54.4 Å². The molecule has 3 nitrogen and oxygen atoms in total. The number of hydrogen-bond acceptors (Lipinski definition) is 2. The minimum atomic E-state index is 0.670. The van der Waals surface area contributed by atoms with Crippen LogP contribution in [-0.2, 0) is 0 Å². The summed E-state index contributed by atoms with van der Waals surface area (Å²) in [4.78, 5) is 5.31. The van der Waals surface area contributed by atoms with Gasteiger partial charge in [0, 0.05) is 12.8 Å². The van der Waals surface area contributed by atoms with E-state index in [4.69, 9.17) is 0 Å². The van der Waals surface area contributed by atoms with Gasteiger partial charge in [0.1, 0.15) is 25.2 Å². The highest BCUT2D eigenvalue weighted by Gasteiger charge is 2.58. The molecule has 2 atom stereocenters. The smallest absolute Gasteiger partial charge is 0.191 e. The van der Waals surface area contributed by atoms with Crippen molar-refractivity contribution in [3.63, 3.8) is 0 Å². The number of unbranched alkanes of at least 4 members (excludes halogenated alkanes) is 2. The van der Waals surface area contributed by atoms with Crippen molar-refractivity contribution in [2.45, 2.75) is 79.3 Å². The molecular weight excluding hydrogens is 270 g/mol. The van der Waals surface area contributed by atoms with E-state index < -0.39 is 0 Å². The summed E-state index contributed by atoms with van der Waals surface area (Å²) in [6.07, 6.45) is 5.23. The molecule has 1 aliphatic rings. The van der Waals surface area contributed by atoms with Gasteiger partial charge in [-0.05, 0) is 26.2 Å². The summed E-state index contributed by atoms with van der Waals surface area (Å²) in [6, 6.07) is 1.34. The SMILES string of the molecule is CCCC[N+](CCCC)=C1C(N(CC)CC)C1N(CC)CC. The summed E-state index contributed by atoms with van der Waals surface area (Å²) in [7, 11) is 0. The zero-order valence-corrected chi connectivity index (χ0v) is 16.1. The quantitative estimate of drug-likeness (QED) is 0.511. The van der Waals surface area contributed by atoms with Gasteiger partial charge >= 0.3 is 0 Å². The van der Waals surface area contributed by atoms with Gasteiger partial charge in [-0.3, -0.25) is 9.80 Å². The number of hydrogen-bond donors (Lipinski definition) is 0. The molecule has 0 radical (unpaired) electrons. The average Bonchev–Trinajstić information content (AvgIpc) is 3.25. The van der Waals surface area contributed by atoms with E-state index in [0.717, 1.165) is 26.2 Å². The maximum atomic E-state index is 2.74. The van der Waals surface area contributed by atoms with Gasteiger partial charge in [0.05, 0.1) is 0 Å². The van der Waals surface area contributed by atoms with Gasteiger partial charge in [-0.25, -0.2) is 4.58 Å². The van der Waals surface area contributed by atoms with Gasteiger partial charge in [-0.15, -0.1) is 0 Å².